The van der Waals surface area contributed by atoms with Crippen molar-refractivity contribution in [2.75, 3.05) is 6.54 Å². The van der Waals surface area contributed by atoms with Gasteiger partial charge in [-0.25, -0.2) is 0 Å². The monoisotopic (exact) mass is 226 g/mol. The summed E-state index contributed by atoms with van der Waals surface area (Å²) in [6.45, 7) is 1.09. The lowest BCUT2D eigenvalue weighted by atomic mass is 10.4. The molecule has 0 saturated heterocycles. The zero-order valence-corrected chi connectivity index (χ0v) is 8.48. The van der Waals surface area contributed by atoms with Crippen LogP contribution >= 0.6 is 24.8 Å². The fourth-order valence-corrected chi connectivity index (χ4v) is 0.801. The summed E-state index contributed by atoms with van der Waals surface area (Å²) in [6, 6.07) is 1.31. The molecule has 13 heavy (non-hydrogen) atoms. The minimum absolute atomic E-state index is 0. The number of hydrogen-bond donors (Lipinski definition) is 2. The Morgan fingerprint density at radius 3 is 2.54 bits per heavy atom. The first kappa shape index (κ1) is 14.8. The van der Waals surface area contributed by atoms with Crippen molar-refractivity contribution in [2.24, 2.45) is 5.73 Å². The smallest absolute Gasteiger partial charge is 0.223 e. The molecule has 0 atom stereocenters. The molecular weight excluding hydrogens is 215 g/mol. The molecule has 0 spiro atoms. The number of aromatic hydroxyl groups is 1. The van der Waals surface area contributed by atoms with Gasteiger partial charge in [-0.3, -0.25) is 4.79 Å². The lowest BCUT2D eigenvalue weighted by molar-refractivity contribution is 0.460. The number of nitrogens with zero attached hydrogens (tertiary/aromatic N) is 1. The molecule has 0 fully saturated rings. The molecule has 0 saturated carbocycles. The Labute approximate surface area is 88.2 Å². The molecule has 1 rings (SSSR count). The fraction of sp³-hybridized carbons (Fsp3) is 0.286. The predicted octanol–water partition coefficient (Wildman–Crippen LogP) is 0.356. The largest absolute Gasteiger partial charge is 0.503 e. The van der Waals surface area contributed by atoms with Crippen LogP contribution in [0.3, 0.4) is 0 Å². The molecule has 0 amide bonds. The van der Waals surface area contributed by atoms with E-state index in [1.54, 1.807) is 10.8 Å². The molecule has 3 N–H and O–H groups in total. The summed E-state index contributed by atoms with van der Waals surface area (Å²) in [7, 11) is 0. The summed E-state index contributed by atoms with van der Waals surface area (Å²) in [6.07, 6.45) is 2.96. The molecule has 0 aromatic carbocycles. The second-order valence-corrected chi connectivity index (χ2v) is 2.22. The average molecular weight is 227 g/mol. The second kappa shape index (κ2) is 6.77. The Hall–Kier alpha value is -0.710. The van der Waals surface area contributed by atoms with Gasteiger partial charge in [0, 0.05) is 31.5 Å². The highest BCUT2D eigenvalue weighted by atomic mass is 35.5. The first-order valence-corrected chi connectivity index (χ1v) is 3.33. The molecule has 0 radical (unpaired) electrons. The summed E-state index contributed by atoms with van der Waals surface area (Å²) in [5, 5.41) is 8.95. The molecule has 1 heterocycles. The van der Waals surface area contributed by atoms with Crippen LogP contribution in [0.4, 0.5) is 0 Å². The van der Waals surface area contributed by atoms with Gasteiger partial charge in [0.25, 0.3) is 0 Å². The topological polar surface area (TPSA) is 68.2 Å². The van der Waals surface area contributed by atoms with E-state index in [1.165, 1.54) is 12.3 Å². The van der Waals surface area contributed by atoms with Crippen LogP contribution in [0.25, 0.3) is 0 Å². The van der Waals surface area contributed by atoms with Gasteiger partial charge in [0.1, 0.15) is 0 Å². The van der Waals surface area contributed by atoms with Crippen molar-refractivity contribution in [3.63, 3.8) is 0 Å². The normalized spacial score (nSPS) is 8.38. The summed E-state index contributed by atoms with van der Waals surface area (Å²) in [5.74, 6) is -0.235. The molecule has 76 valence electrons. The van der Waals surface area contributed by atoms with Crippen molar-refractivity contribution in [1.82, 2.24) is 4.57 Å². The Balaban J connectivity index is 0. The van der Waals surface area contributed by atoms with Gasteiger partial charge in [0.05, 0.1) is 0 Å². The maximum Gasteiger partial charge on any atom is 0.223 e. The van der Waals surface area contributed by atoms with E-state index in [0.29, 0.717) is 13.1 Å². The number of aromatic nitrogens is 1. The van der Waals surface area contributed by atoms with E-state index in [4.69, 9.17) is 10.8 Å². The highest BCUT2D eigenvalue weighted by Gasteiger charge is 1.94. The molecule has 0 aliphatic rings. The molecule has 0 unspecified atom stereocenters. The zero-order valence-electron chi connectivity index (χ0n) is 6.84. The van der Waals surface area contributed by atoms with Crippen molar-refractivity contribution >= 4 is 24.8 Å². The Bertz CT molecular complexity index is 301. The molecule has 1 aromatic heterocycles. The van der Waals surface area contributed by atoms with Crippen LogP contribution in [0.1, 0.15) is 0 Å². The van der Waals surface area contributed by atoms with Gasteiger partial charge < -0.3 is 15.4 Å². The maximum atomic E-state index is 10.7. The SMILES string of the molecule is Cl.Cl.NCCn1ccc(=O)c(O)c1. The Morgan fingerprint density at radius 2 is 2.08 bits per heavy atom. The van der Waals surface area contributed by atoms with Gasteiger partial charge in [0.15, 0.2) is 5.75 Å². The predicted molar refractivity (Wildman–Crippen MR) is 55.9 cm³/mol. The molecule has 1 aromatic rings. The maximum absolute atomic E-state index is 10.7. The van der Waals surface area contributed by atoms with Crippen LogP contribution in [0.15, 0.2) is 23.3 Å². The van der Waals surface area contributed by atoms with Gasteiger partial charge in [-0.05, 0) is 0 Å². The number of nitrogens with two attached hydrogens (primary N) is 1. The summed E-state index contributed by atoms with van der Waals surface area (Å²) in [4.78, 5) is 10.7. The Kier molecular flexibility index (Phi) is 7.70. The van der Waals surface area contributed by atoms with Crippen molar-refractivity contribution in [3.05, 3.63) is 28.7 Å². The second-order valence-electron chi connectivity index (χ2n) is 2.22. The zero-order chi connectivity index (χ0) is 8.27. The number of hydrogen-bond acceptors (Lipinski definition) is 3. The molecule has 0 bridgehead atoms. The molecule has 6 heteroatoms. The van der Waals surface area contributed by atoms with E-state index < -0.39 is 0 Å². The summed E-state index contributed by atoms with van der Waals surface area (Å²) >= 11 is 0. The third-order valence-corrected chi connectivity index (χ3v) is 1.35. The summed E-state index contributed by atoms with van der Waals surface area (Å²) in [5.41, 5.74) is 4.91. The van der Waals surface area contributed by atoms with Crippen LogP contribution in [-0.2, 0) is 6.54 Å². The highest BCUT2D eigenvalue weighted by molar-refractivity contribution is 5.85. The lowest BCUT2D eigenvalue weighted by Gasteiger charge is -2.02. The minimum atomic E-state index is -0.363. The average Bonchev–Trinajstić information content (AvgIpc) is 1.98. The van der Waals surface area contributed by atoms with Gasteiger partial charge >= 0.3 is 0 Å². The van der Waals surface area contributed by atoms with Crippen molar-refractivity contribution in [2.45, 2.75) is 6.54 Å². The van der Waals surface area contributed by atoms with Gasteiger partial charge in [-0.1, -0.05) is 0 Å². The van der Waals surface area contributed by atoms with E-state index in [2.05, 4.69) is 0 Å². The first-order chi connectivity index (χ1) is 5.24. The molecule has 0 aliphatic carbocycles. The quantitative estimate of drug-likeness (QED) is 0.766. The van der Waals surface area contributed by atoms with E-state index in [-0.39, 0.29) is 36.0 Å². The van der Waals surface area contributed by atoms with Crippen LogP contribution in [0.2, 0.25) is 0 Å². The standard InChI is InChI=1S/C7H10N2O2.2ClH/c8-2-4-9-3-1-6(10)7(11)5-9;;/h1,3,5,11H,2,4,8H2;2*1H. The van der Waals surface area contributed by atoms with Crippen LogP contribution in [-0.4, -0.2) is 16.2 Å². The van der Waals surface area contributed by atoms with E-state index >= 15 is 0 Å². The number of rotatable bonds is 2. The van der Waals surface area contributed by atoms with Crippen molar-refractivity contribution < 1.29 is 5.11 Å². The fourth-order valence-electron chi connectivity index (χ4n) is 0.801. The van der Waals surface area contributed by atoms with Crippen molar-refractivity contribution in [1.29, 1.82) is 0 Å². The third-order valence-electron chi connectivity index (χ3n) is 1.35. The highest BCUT2D eigenvalue weighted by Crippen LogP contribution is 1.97. The molecule has 4 nitrogen and oxygen atoms in total. The van der Waals surface area contributed by atoms with Gasteiger partial charge in [-0.2, -0.15) is 0 Å². The van der Waals surface area contributed by atoms with Crippen molar-refractivity contribution in [3.8, 4) is 5.75 Å². The van der Waals surface area contributed by atoms with Crippen LogP contribution in [0.5, 0.6) is 5.75 Å². The van der Waals surface area contributed by atoms with Crippen LogP contribution in [0, 0.1) is 0 Å². The van der Waals surface area contributed by atoms with E-state index in [0.717, 1.165) is 0 Å². The number of halogens is 2. The third kappa shape index (κ3) is 4.17. The van der Waals surface area contributed by atoms with Gasteiger partial charge in [0.2, 0.25) is 5.43 Å². The minimum Gasteiger partial charge on any atom is -0.503 e. The van der Waals surface area contributed by atoms with E-state index in [1.807, 2.05) is 0 Å². The molecular formula is C7H12Cl2N2O2. The summed E-state index contributed by atoms with van der Waals surface area (Å²) < 4.78 is 1.66. The van der Waals surface area contributed by atoms with Gasteiger partial charge in [-0.15, -0.1) is 24.8 Å². The lowest BCUT2D eigenvalue weighted by Crippen LogP contribution is -2.11. The first-order valence-electron chi connectivity index (χ1n) is 3.33. The van der Waals surface area contributed by atoms with E-state index in [9.17, 15) is 4.79 Å². The Morgan fingerprint density at radius 1 is 1.46 bits per heavy atom. The van der Waals surface area contributed by atoms with Crippen LogP contribution < -0.4 is 11.2 Å². The number of pyridine rings is 1. The molecule has 0 aliphatic heterocycles.